The first kappa shape index (κ1) is 25.6. The molecular weight excluding hydrogens is 387 g/mol. The van der Waals surface area contributed by atoms with Crippen LogP contribution in [0, 0.1) is 0 Å². The predicted octanol–water partition coefficient (Wildman–Crippen LogP) is 7.40. The van der Waals surface area contributed by atoms with Crippen LogP contribution in [0.5, 0.6) is 5.75 Å². The molecule has 0 saturated carbocycles. The Kier molecular flexibility index (Phi) is 11.9. The zero-order chi connectivity index (χ0) is 20.9. The molecule has 0 amide bonds. The zero-order valence-electron chi connectivity index (χ0n) is 18.9. The van der Waals surface area contributed by atoms with Crippen molar-refractivity contribution in [1.82, 2.24) is 0 Å². The third-order valence-corrected chi connectivity index (χ3v) is 14.5. The van der Waals surface area contributed by atoms with Gasteiger partial charge in [-0.2, -0.15) is 0 Å². The molecule has 0 aromatic heterocycles. The Bertz CT molecular complexity index is 530. The van der Waals surface area contributed by atoms with Crippen LogP contribution in [0.1, 0.15) is 79.1 Å². The van der Waals surface area contributed by atoms with Crippen LogP contribution in [0.3, 0.4) is 0 Å². The first-order valence-electron chi connectivity index (χ1n) is 11.2. The first-order chi connectivity index (χ1) is 13.5. The monoisotopic (exact) mass is 430 g/mol. The summed E-state index contributed by atoms with van der Waals surface area (Å²) in [5, 5.41) is 0. The molecule has 1 aromatic carbocycles. The third kappa shape index (κ3) is 7.43. The van der Waals surface area contributed by atoms with Crippen LogP contribution in [0.15, 0.2) is 29.2 Å². The van der Waals surface area contributed by atoms with E-state index in [4.69, 9.17) is 8.71 Å². The van der Waals surface area contributed by atoms with Gasteiger partial charge in [-0.3, -0.25) is 0 Å². The Morgan fingerprint density at radius 3 is 1.46 bits per heavy atom. The predicted molar refractivity (Wildman–Crippen MR) is 127 cm³/mol. The second kappa shape index (κ2) is 13.0. The van der Waals surface area contributed by atoms with Gasteiger partial charge in [-0.25, -0.2) is 0 Å². The summed E-state index contributed by atoms with van der Waals surface area (Å²) in [6.45, 7) is 6.49. The standard InChI is InChI=1S/C23H43O3PS/c1-6-10-18-27(19-11-7-2,20-12-8-3,21-13-9-4)26-28(24)23-16-14-22(25-5)15-17-23/h14-17H,6-13,18-21H2,1-5H3. The van der Waals surface area contributed by atoms with E-state index in [-0.39, 0.29) is 0 Å². The molecule has 5 heteroatoms. The number of hydrogen-bond donors (Lipinski definition) is 0. The molecule has 3 nitrogen and oxygen atoms in total. The van der Waals surface area contributed by atoms with Gasteiger partial charge in [0.1, 0.15) is 0 Å². The molecule has 0 N–H and O–H groups in total. The van der Waals surface area contributed by atoms with E-state index in [2.05, 4.69) is 27.7 Å². The Hall–Kier alpha value is -0.440. The fourth-order valence-electron chi connectivity index (χ4n) is 3.97. The van der Waals surface area contributed by atoms with E-state index in [9.17, 15) is 4.21 Å². The minimum absolute atomic E-state index is 0.760. The van der Waals surface area contributed by atoms with Crippen molar-refractivity contribution in [3.05, 3.63) is 24.3 Å². The topological polar surface area (TPSA) is 35.5 Å². The molecule has 0 bridgehead atoms. The SMILES string of the molecule is CCCCP(CCCC)(CCCC)(CCCC)OS(=O)c1ccc(OC)cc1. The van der Waals surface area contributed by atoms with Crippen molar-refractivity contribution in [3.63, 3.8) is 0 Å². The molecule has 28 heavy (non-hydrogen) atoms. The van der Waals surface area contributed by atoms with Gasteiger partial charge >= 0.3 is 177 Å². The summed E-state index contributed by atoms with van der Waals surface area (Å²) in [7, 11) is 1.65. The summed E-state index contributed by atoms with van der Waals surface area (Å²) in [5.74, 6) is 0.784. The summed E-state index contributed by atoms with van der Waals surface area (Å²) >= 11 is -1.41. The van der Waals surface area contributed by atoms with Crippen molar-refractivity contribution < 1.29 is 12.9 Å². The first-order valence-corrected chi connectivity index (χ1v) is 15.2. The summed E-state index contributed by atoms with van der Waals surface area (Å²) < 4.78 is 25.5. The third-order valence-electron chi connectivity index (χ3n) is 5.84. The molecule has 1 rings (SSSR count). The van der Waals surface area contributed by atoms with Gasteiger partial charge in [0.2, 0.25) is 0 Å². The fourth-order valence-corrected chi connectivity index (χ4v) is 13.2. The van der Waals surface area contributed by atoms with Gasteiger partial charge in [-0.05, 0) is 0 Å². The Labute approximate surface area is 176 Å². The molecule has 0 aliphatic heterocycles. The van der Waals surface area contributed by atoms with Crippen LogP contribution >= 0.6 is 6.83 Å². The van der Waals surface area contributed by atoms with Gasteiger partial charge in [0.25, 0.3) is 0 Å². The summed E-state index contributed by atoms with van der Waals surface area (Å²) in [5.41, 5.74) is 0. The Morgan fingerprint density at radius 2 is 1.14 bits per heavy atom. The minimum atomic E-state index is -2.53. The molecule has 0 saturated heterocycles. The molecule has 1 atom stereocenters. The zero-order valence-corrected chi connectivity index (χ0v) is 20.6. The van der Waals surface area contributed by atoms with Gasteiger partial charge in [-0.1, -0.05) is 0 Å². The number of benzene rings is 1. The van der Waals surface area contributed by atoms with Crippen molar-refractivity contribution in [2.75, 3.05) is 31.8 Å². The molecule has 164 valence electrons. The Morgan fingerprint density at radius 1 is 0.750 bits per heavy atom. The van der Waals surface area contributed by atoms with Crippen LogP contribution in [-0.2, 0) is 15.1 Å². The second-order valence-corrected chi connectivity index (χ2v) is 15.2. The molecule has 0 radical (unpaired) electrons. The van der Waals surface area contributed by atoms with Crippen molar-refractivity contribution in [1.29, 1.82) is 0 Å². The summed E-state index contributed by atoms with van der Waals surface area (Å²) in [6.07, 6.45) is 13.9. The fraction of sp³-hybridized carbons (Fsp3) is 0.739. The molecule has 1 aromatic rings. The quantitative estimate of drug-likeness (QED) is 0.256. The van der Waals surface area contributed by atoms with Crippen LogP contribution in [0.4, 0.5) is 0 Å². The molecular formula is C23H43O3PS. The molecule has 0 aliphatic carbocycles. The van der Waals surface area contributed by atoms with Crippen molar-refractivity contribution >= 4 is 17.9 Å². The summed E-state index contributed by atoms with van der Waals surface area (Å²) in [4.78, 5) is 0.760. The maximum atomic E-state index is 13.4. The normalized spacial score (nSPS) is 14.4. The number of hydrogen-bond acceptors (Lipinski definition) is 3. The van der Waals surface area contributed by atoms with Crippen molar-refractivity contribution in [2.45, 2.75) is 84.0 Å². The number of methoxy groups -OCH3 is 1. The van der Waals surface area contributed by atoms with E-state index in [1.807, 2.05) is 24.3 Å². The molecule has 0 heterocycles. The number of rotatable bonds is 16. The molecule has 1 unspecified atom stereocenters. The van der Waals surface area contributed by atoms with E-state index in [1.165, 1.54) is 51.4 Å². The van der Waals surface area contributed by atoms with Crippen LogP contribution in [0.2, 0.25) is 0 Å². The molecule has 0 aliphatic rings. The van der Waals surface area contributed by atoms with E-state index in [1.54, 1.807) is 7.11 Å². The van der Waals surface area contributed by atoms with Crippen molar-refractivity contribution in [3.8, 4) is 5.75 Å². The van der Waals surface area contributed by atoms with Gasteiger partial charge in [0.15, 0.2) is 0 Å². The van der Waals surface area contributed by atoms with Gasteiger partial charge in [0.05, 0.1) is 0 Å². The summed E-state index contributed by atoms with van der Waals surface area (Å²) in [6, 6.07) is 7.53. The van der Waals surface area contributed by atoms with Crippen LogP contribution < -0.4 is 4.74 Å². The van der Waals surface area contributed by atoms with Gasteiger partial charge in [-0.15, -0.1) is 0 Å². The van der Waals surface area contributed by atoms with Gasteiger partial charge < -0.3 is 0 Å². The van der Waals surface area contributed by atoms with Crippen molar-refractivity contribution in [2.24, 2.45) is 0 Å². The van der Waals surface area contributed by atoms with Crippen LogP contribution in [-0.4, -0.2) is 36.0 Å². The number of ether oxygens (including phenoxy) is 1. The average Bonchev–Trinajstić information content (AvgIpc) is 2.74. The average molecular weight is 431 g/mol. The number of unbranched alkanes of at least 4 members (excludes halogenated alkanes) is 4. The molecule has 0 fully saturated rings. The van der Waals surface area contributed by atoms with Crippen LogP contribution in [0.25, 0.3) is 0 Å². The molecule has 0 spiro atoms. The maximum absolute atomic E-state index is 13.4. The van der Waals surface area contributed by atoms with E-state index in [0.717, 1.165) is 35.3 Å². The second-order valence-electron chi connectivity index (χ2n) is 8.15. The Balaban J connectivity index is 3.29. The van der Waals surface area contributed by atoms with Gasteiger partial charge in [0, 0.05) is 0 Å². The van der Waals surface area contributed by atoms with E-state index < -0.39 is 17.9 Å². The van der Waals surface area contributed by atoms with E-state index in [0.29, 0.717) is 0 Å². The van der Waals surface area contributed by atoms with E-state index >= 15 is 0 Å².